The van der Waals surface area contributed by atoms with Crippen LogP contribution in [0.5, 0.6) is 0 Å². The SMILES string of the molecule is Cc1ccc(-c2cn3c(CC(=O)Nc4ccc(S(=O)(=O)Nc5ncccn5)cc4)csc3n2)cc1. The summed E-state index contributed by atoms with van der Waals surface area (Å²) in [6.07, 6.45) is 4.97. The van der Waals surface area contributed by atoms with Crippen LogP contribution in [0.2, 0.25) is 0 Å². The summed E-state index contributed by atoms with van der Waals surface area (Å²) >= 11 is 1.47. The molecule has 5 aromatic rings. The van der Waals surface area contributed by atoms with Crippen LogP contribution in [0.25, 0.3) is 16.2 Å². The van der Waals surface area contributed by atoms with Crippen LogP contribution in [0.15, 0.2) is 83.5 Å². The maximum atomic E-state index is 12.7. The van der Waals surface area contributed by atoms with Crippen molar-refractivity contribution in [2.45, 2.75) is 18.2 Å². The highest BCUT2D eigenvalue weighted by Gasteiger charge is 2.16. The summed E-state index contributed by atoms with van der Waals surface area (Å²) in [7, 11) is -3.84. The number of carbonyl (C=O) groups excluding carboxylic acids is 1. The van der Waals surface area contributed by atoms with Gasteiger partial charge in [0, 0.05) is 40.9 Å². The van der Waals surface area contributed by atoms with E-state index < -0.39 is 10.0 Å². The van der Waals surface area contributed by atoms with Gasteiger partial charge in [-0.15, -0.1) is 11.3 Å². The number of aromatic nitrogens is 4. The van der Waals surface area contributed by atoms with E-state index in [2.05, 4.69) is 25.0 Å². The molecule has 3 heterocycles. The number of amides is 1. The molecule has 0 aliphatic heterocycles. The van der Waals surface area contributed by atoms with E-state index >= 15 is 0 Å². The van der Waals surface area contributed by atoms with E-state index in [9.17, 15) is 13.2 Å². The van der Waals surface area contributed by atoms with Crippen molar-refractivity contribution in [1.82, 2.24) is 19.4 Å². The Morgan fingerprint density at radius 1 is 1.03 bits per heavy atom. The Kier molecular flexibility index (Phi) is 6.01. The lowest BCUT2D eigenvalue weighted by atomic mass is 10.1. The van der Waals surface area contributed by atoms with Crippen LogP contribution in [-0.2, 0) is 21.2 Å². The molecule has 3 aromatic heterocycles. The first-order valence-electron chi connectivity index (χ1n) is 10.6. The number of hydrogen-bond acceptors (Lipinski definition) is 7. The molecule has 176 valence electrons. The molecule has 2 aromatic carbocycles. The Bertz CT molecular complexity index is 1590. The number of sulfonamides is 1. The number of anilines is 2. The summed E-state index contributed by atoms with van der Waals surface area (Å²) in [5.41, 5.74) is 4.36. The number of fused-ring (bicyclic) bond motifs is 1. The Balaban J connectivity index is 1.26. The van der Waals surface area contributed by atoms with E-state index in [0.717, 1.165) is 21.9 Å². The number of nitrogens with one attached hydrogen (secondary N) is 2. The fourth-order valence-electron chi connectivity index (χ4n) is 3.44. The van der Waals surface area contributed by atoms with Crippen molar-refractivity contribution in [3.8, 4) is 11.3 Å². The van der Waals surface area contributed by atoms with Crippen LogP contribution >= 0.6 is 11.3 Å². The highest BCUT2D eigenvalue weighted by molar-refractivity contribution is 7.92. The highest BCUT2D eigenvalue weighted by Crippen LogP contribution is 2.24. The second kappa shape index (κ2) is 9.28. The smallest absolute Gasteiger partial charge is 0.264 e. The van der Waals surface area contributed by atoms with E-state index in [4.69, 9.17) is 0 Å². The second-order valence-corrected chi connectivity index (χ2v) is 10.3. The van der Waals surface area contributed by atoms with Gasteiger partial charge in [-0.1, -0.05) is 29.8 Å². The number of rotatable bonds is 7. The largest absolute Gasteiger partial charge is 0.326 e. The van der Waals surface area contributed by atoms with Crippen LogP contribution in [-0.4, -0.2) is 33.7 Å². The van der Waals surface area contributed by atoms with Crippen molar-refractivity contribution in [3.63, 3.8) is 0 Å². The number of nitrogens with zero attached hydrogens (tertiary/aromatic N) is 4. The van der Waals surface area contributed by atoms with Gasteiger partial charge in [0.15, 0.2) is 4.96 Å². The Labute approximate surface area is 205 Å². The standard InChI is InChI=1S/C24H20N6O3S2/c1-16-3-5-17(6-4-16)21-14-30-19(15-34-24(30)28-21)13-22(31)27-18-7-9-20(10-8-18)35(32,33)29-23-25-11-2-12-26-23/h2-12,14-15H,13H2,1H3,(H,27,31)(H,25,26,29). The molecule has 11 heteroatoms. The normalized spacial score (nSPS) is 11.5. The van der Waals surface area contributed by atoms with Gasteiger partial charge in [0.25, 0.3) is 10.0 Å². The molecular formula is C24H20N6O3S2. The molecule has 35 heavy (non-hydrogen) atoms. The molecule has 5 rings (SSSR count). The van der Waals surface area contributed by atoms with Gasteiger partial charge in [-0.05, 0) is 37.3 Å². The number of hydrogen-bond donors (Lipinski definition) is 2. The van der Waals surface area contributed by atoms with Crippen LogP contribution in [0.1, 0.15) is 11.3 Å². The summed E-state index contributed by atoms with van der Waals surface area (Å²) in [5, 5.41) is 4.72. The van der Waals surface area contributed by atoms with Crippen molar-refractivity contribution < 1.29 is 13.2 Å². The van der Waals surface area contributed by atoms with Gasteiger partial charge in [-0.3, -0.25) is 9.20 Å². The van der Waals surface area contributed by atoms with Crippen LogP contribution in [0.4, 0.5) is 11.6 Å². The van der Waals surface area contributed by atoms with Gasteiger partial charge in [0.2, 0.25) is 11.9 Å². The number of aryl methyl sites for hydroxylation is 1. The third kappa shape index (κ3) is 5.05. The van der Waals surface area contributed by atoms with Crippen molar-refractivity contribution >= 4 is 43.9 Å². The summed E-state index contributed by atoms with van der Waals surface area (Å²) in [6, 6.07) is 15.6. The number of carbonyl (C=O) groups is 1. The van der Waals surface area contributed by atoms with Gasteiger partial charge in [-0.2, -0.15) is 0 Å². The average Bonchev–Trinajstić information content (AvgIpc) is 3.42. The zero-order valence-electron chi connectivity index (χ0n) is 18.5. The fourth-order valence-corrected chi connectivity index (χ4v) is 5.27. The molecule has 0 fully saturated rings. The number of imidazole rings is 1. The lowest BCUT2D eigenvalue weighted by Gasteiger charge is -2.08. The maximum absolute atomic E-state index is 12.7. The van der Waals surface area contributed by atoms with Crippen LogP contribution < -0.4 is 10.0 Å². The van der Waals surface area contributed by atoms with Crippen molar-refractivity contribution in [2.24, 2.45) is 0 Å². The number of benzene rings is 2. The van der Waals surface area contributed by atoms with Gasteiger partial charge in [0.1, 0.15) is 0 Å². The van der Waals surface area contributed by atoms with Gasteiger partial charge in [0.05, 0.1) is 17.0 Å². The Morgan fingerprint density at radius 3 is 2.46 bits per heavy atom. The molecule has 0 aliphatic carbocycles. The lowest BCUT2D eigenvalue weighted by Crippen LogP contribution is -2.16. The zero-order valence-corrected chi connectivity index (χ0v) is 20.2. The van der Waals surface area contributed by atoms with E-state index in [1.807, 2.05) is 47.2 Å². The zero-order chi connectivity index (χ0) is 24.4. The second-order valence-electron chi connectivity index (χ2n) is 7.80. The molecule has 9 nitrogen and oxygen atoms in total. The molecule has 0 unspecified atom stereocenters. The maximum Gasteiger partial charge on any atom is 0.264 e. The molecule has 1 amide bonds. The molecule has 0 spiro atoms. The average molecular weight is 505 g/mol. The van der Waals surface area contributed by atoms with E-state index in [1.165, 1.54) is 53.6 Å². The minimum atomic E-state index is -3.84. The third-order valence-electron chi connectivity index (χ3n) is 5.21. The topological polar surface area (TPSA) is 118 Å². The van der Waals surface area contributed by atoms with Gasteiger partial charge in [-0.25, -0.2) is 28.1 Å². The molecule has 0 saturated heterocycles. The minimum absolute atomic E-state index is 0.0167. The third-order valence-corrected chi connectivity index (χ3v) is 7.44. The minimum Gasteiger partial charge on any atom is -0.326 e. The molecule has 0 aliphatic rings. The van der Waals surface area contributed by atoms with Crippen molar-refractivity contribution in [2.75, 3.05) is 10.0 Å². The van der Waals surface area contributed by atoms with Crippen molar-refractivity contribution in [3.05, 3.63) is 89.8 Å². The molecule has 0 atom stereocenters. The Morgan fingerprint density at radius 2 is 1.74 bits per heavy atom. The van der Waals surface area contributed by atoms with Crippen molar-refractivity contribution in [1.29, 1.82) is 0 Å². The first kappa shape index (κ1) is 22.7. The van der Waals surface area contributed by atoms with Crippen LogP contribution in [0.3, 0.4) is 0 Å². The first-order valence-corrected chi connectivity index (χ1v) is 13.0. The predicted octanol–water partition coefficient (Wildman–Crippen LogP) is 4.14. The fraction of sp³-hybridized carbons (Fsp3) is 0.0833. The van der Waals surface area contributed by atoms with E-state index in [1.54, 1.807) is 6.07 Å². The summed E-state index contributed by atoms with van der Waals surface area (Å²) < 4.78 is 29.2. The summed E-state index contributed by atoms with van der Waals surface area (Å²) in [6.45, 7) is 2.04. The predicted molar refractivity (Wildman–Crippen MR) is 135 cm³/mol. The highest BCUT2D eigenvalue weighted by atomic mass is 32.2. The first-order chi connectivity index (χ1) is 16.9. The van der Waals surface area contributed by atoms with Crippen LogP contribution in [0, 0.1) is 6.92 Å². The monoisotopic (exact) mass is 504 g/mol. The molecule has 0 bridgehead atoms. The quantitative estimate of drug-likeness (QED) is 0.344. The molecule has 2 N–H and O–H groups in total. The molecule has 0 saturated carbocycles. The molecular weight excluding hydrogens is 484 g/mol. The van der Waals surface area contributed by atoms with E-state index in [-0.39, 0.29) is 23.2 Å². The summed E-state index contributed by atoms with van der Waals surface area (Å²) in [4.78, 5) is 25.9. The Hall–Kier alpha value is -4.09. The molecule has 0 radical (unpaired) electrons. The number of thiazole rings is 1. The van der Waals surface area contributed by atoms with E-state index in [0.29, 0.717) is 5.69 Å². The lowest BCUT2D eigenvalue weighted by molar-refractivity contribution is -0.115. The summed E-state index contributed by atoms with van der Waals surface area (Å²) in [5.74, 6) is -0.237. The van der Waals surface area contributed by atoms with Gasteiger partial charge < -0.3 is 5.32 Å². The van der Waals surface area contributed by atoms with Gasteiger partial charge >= 0.3 is 0 Å².